The molecule has 5 rings (SSSR count). The number of likely N-dealkylation sites (N-methyl/N-ethyl adjacent to an activating group) is 1. The number of pyridine rings is 1. The number of carbonyl (C=O) groups excluding carboxylic acids is 1. The molecule has 1 amide bonds. The van der Waals surface area contributed by atoms with Crippen molar-refractivity contribution < 1.29 is 4.79 Å². The summed E-state index contributed by atoms with van der Waals surface area (Å²) in [6, 6.07) is 9.66. The quantitative estimate of drug-likeness (QED) is 0.839. The maximum atomic E-state index is 13.0. The summed E-state index contributed by atoms with van der Waals surface area (Å²) >= 11 is 0. The molecular weight excluding hydrogens is 314 g/mol. The molecule has 0 spiro atoms. The van der Waals surface area contributed by atoms with E-state index in [9.17, 15) is 9.59 Å². The molecule has 3 aliphatic heterocycles. The monoisotopic (exact) mass is 339 g/mol. The van der Waals surface area contributed by atoms with E-state index in [4.69, 9.17) is 0 Å². The number of amides is 1. The first-order valence-corrected chi connectivity index (χ1v) is 9.10. The lowest BCUT2D eigenvalue weighted by molar-refractivity contribution is -0.132. The predicted octanol–water partition coefficient (Wildman–Crippen LogP) is 1.86. The Morgan fingerprint density at radius 3 is 2.76 bits per heavy atom. The first-order chi connectivity index (χ1) is 12.0. The van der Waals surface area contributed by atoms with E-state index >= 15 is 0 Å². The average Bonchev–Trinajstić information content (AvgIpc) is 2.90. The summed E-state index contributed by atoms with van der Waals surface area (Å²) < 4.78 is 1.98. The van der Waals surface area contributed by atoms with Gasteiger partial charge in [-0.2, -0.15) is 0 Å². The van der Waals surface area contributed by atoms with Crippen molar-refractivity contribution in [3.63, 3.8) is 0 Å². The van der Waals surface area contributed by atoms with Crippen LogP contribution in [0.1, 0.15) is 18.5 Å². The Kier molecular flexibility index (Phi) is 4.12. The highest BCUT2D eigenvalue weighted by Crippen LogP contribution is 2.27. The van der Waals surface area contributed by atoms with Gasteiger partial charge in [-0.3, -0.25) is 9.59 Å². The molecule has 0 aliphatic carbocycles. The van der Waals surface area contributed by atoms with Crippen LogP contribution in [0.25, 0.3) is 10.9 Å². The number of carbonyl (C=O) groups is 1. The number of benzene rings is 1. The van der Waals surface area contributed by atoms with Gasteiger partial charge in [0.05, 0.1) is 5.52 Å². The number of piperidine rings is 1. The largest absolute Gasteiger partial charge is 0.339 e. The number of para-hydroxylation sites is 1. The lowest BCUT2D eigenvalue weighted by atomic mass is 9.96. The number of fused-ring (bicyclic) bond motifs is 5. The zero-order chi connectivity index (χ0) is 17.6. The van der Waals surface area contributed by atoms with Crippen LogP contribution in [-0.4, -0.2) is 53.0 Å². The van der Waals surface area contributed by atoms with Crippen molar-refractivity contribution in [1.29, 1.82) is 0 Å². The smallest absolute Gasteiger partial charge is 0.242 e. The molecule has 2 atom stereocenters. The summed E-state index contributed by atoms with van der Waals surface area (Å²) in [5.74, 6) is 0.740. The topological polar surface area (TPSA) is 45.6 Å². The Bertz CT molecular complexity index is 873. The van der Waals surface area contributed by atoms with Crippen LogP contribution in [0.5, 0.6) is 0 Å². The second-order valence-electron chi connectivity index (χ2n) is 7.59. The molecule has 5 nitrogen and oxygen atoms in total. The summed E-state index contributed by atoms with van der Waals surface area (Å²) in [4.78, 5) is 29.7. The zero-order valence-corrected chi connectivity index (χ0v) is 14.9. The van der Waals surface area contributed by atoms with Crippen molar-refractivity contribution in [2.45, 2.75) is 32.4 Å². The van der Waals surface area contributed by atoms with Crippen LogP contribution in [0, 0.1) is 12.8 Å². The lowest BCUT2D eigenvalue weighted by Crippen LogP contribution is -2.42. The molecule has 2 bridgehead atoms. The van der Waals surface area contributed by atoms with Gasteiger partial charge in [0.1, 0.15) is 6.54 Å². The van der Waals surface area contributed by atoms with Gasteiger partial charge in [0, 0.05) is 42.8 Å². The predicted molar refractivity (Wildman–Crippen MR) is 98.7 cm³/mol. The third-order valence-electron chi connectivity index (χ3n) is 5.86. The number of hydrogen-bond acceptors (Lipinski definition) is 3. The van der Waals surface area contributed by atoms with E-state index in [0.717, 1.165) is 30.8 Å². The molecule has 1 aromatic heterocycles. The molecule has 0 saturated carbocycles. The SMILES string of the molecule is Cc1cc(=O)c2ccccc2n1CC(=O)N1C[C@@H]2CC[C@H](C1)N(C)C2. The summed E-state index contributed by atoms with van der Waals surface area (Å²) in [5, 5.41) is 0.677. The van der Waals surface area contributed by atoms with E-state index in [2.05, 4.69) is 11.9 Å². The highest BCUT2D eigenvalue weighted by atomic mass is 16.2. The summed E-state index contributed by atoms with van der Waals surface area (Å²) in [6.45, 7) is 4.98. The van der Waals surface area contributed by atoms with Gasteiger partial charge in [-0.05, 0) is 44.9 Å². The highest BCUT2D eigenvalue weighted by Gasteiger charge is 2.34. The fourth-order valence-corrected chi connectivity index (χ4v) is 4.42. The van der Waals surface area contributed by atoms with Crippen LogP contribution < -0.4 is 5.43 Å². The van der Waals surface area contributed by atoms with Crippen LogP contribution in [0.3, 0.4) is 0 Å². The molecule has 25 heavy (non-hydrogen) atoms. The van der Waals surface area contributed by atoms with E-state index in [1.165, 1.54) is 12.8 Å². The van der Waals surface area contributed by atoms with E-state index in [-0.39, 0.29) is 11.3 Å². The van der Waals surface area contributed by atoms with Gasteiger partial charge in [0.25, 0.3) is 0 Å². The van der Waals surface area contributed by atoms with Gasteiger partial charge in [-0.25, -0.2) is 0 Å². The van der Waals surface area contributed by atoms with Gasteiger partial charge in [0.2, 0.25) is 5.91 Å². The number of rotatable bonds is 2. The van der Waals surface area contributed by atoms with Crippen molar-refractivity contribution in [3.05, 3.63) is 46.2 Å². The molecule has 2 aromatic rings. The maximum absolute atomic E-state index is 13.0. The summed E-state index contributed by atoms with van der Waals surface area (Å²) in [7, 11) is 2.17. The molecule has 5 heteroatoms. The van der Waals surface area contributed by atoms with Crippen molar-refractivity contribution in [1.82, 2.24) is 14.4 Å². The first kappa shape index (κ1) is 16.3. The summed E-state index contributed by atoms with van der Waals surface area (Å²) in [5.41, 5.74) is 1.70. The minimum atomic E-state index is 0.0197. The van der Waals surface area contributed by atoms with Gasteiger partial charge in [-0.1, -0.05) is 12.1 Å². The Labute approximate surface area is 147 Å². The molecular formula is C20H25N3O2. The molecule has 1 aromatic carbocycles. The van der Waals surface area contributed by atoms with Crippen molar-refractivity contribution in [2.24, 2.45) is 5.92 Å². The number of aryl methyl sites for hydroxylation is 1. The normalized spacial score (nSPS) is 23.8. The van der Waals surface area contributed by atoms with E-state index in [1.807, 2.05) is 40.7 Å². The number of aromatic nitrogens is 1. The minimum absolute atomic E-state index is 0.0197. The molecule has 0 radical (unpaired) electrons. The van der Waals surface area contributed by atoms with Gasteiger partial charge < -0.3 is 14.4 Å². The second-order valence-corrected chi connectivity index (χ2v) is 7.59. The van der Waals surface area contributed by atoms with E-state index in [1.54, 1.807) is 6.07 Å². The first-order valence-electron chi connectivity index (χ1n) is 9.10. The fourth-order valence-electron chi connectivity index (χ4n) is 4.42. The van der Waals surface area contributed by atoms with Crippen molar-refractivity contribution >= 4 is 16.8 Å². The van der Waals surface area contributed by atoms with E-state index in [0.29, 0.717) is 23.9 Å². The lowest BCUT2D eigenvalue weighted by Gasteiger charge is -2.32. The van der Waals surface area contributed by atoms with Crippen LogP contribution in [0.15, 0.2) is 35.1 Å². The second kappa shape index (κ2) is 6.30. The highest BCUT2D eigenvalue weighted by molar-refractivity contribution is 5.82. The molecule has 0 unspecified atom stereocenters. The number of hydrogen-bond donors (Lipinski definition) is 0. The third-order valence-corrected chi connectivity index (χ3v) is 5.86. The Hall–Kier alpha value is -2.14. The molecule has 3 saturated heterocycles. The van der Waals surface area contributed by atoms with Gasteiger partial charge >= 0.3 is 0 Å². The molecule has 4 heterocycles. The molecule has 3 fully saturated rings. The Morgan fingerprint density at radius 2 is 1.96 bits per heavy atom. The zero-order valence-electron chi connectivity index (χ0n) is 14.9. The van der Waals surface area contributed by atoms with Crippen LogP contribution in [0.2, 0.25) is 0 Å². The van der Waals surface area contributed by atoms with Crippen molar-refractivity contribution in [3.8, 4) is 0 Å². The van der Waals surface area contributed by atoms with Crippen LogP contribution in [-0.2, 0) is 11.3 Å². The van der Waals surface area contributed by atoms with Crippen LogP contribution in [0.4, 0.5) is 0 Å². The summed E-state index contributed by atoms with van der Waals surface area (Å²) in [6.07, 6.45) is 2.41. The minimum Gasteiger partial charge on any atom is -0.339 e. The maximum Gasteiger partial charge on any atom is 0.242 e. The Balaban J connectivity index is 1.63. The Morgan fingerprint density at radius 1 is 1.16 bits per heavy atom. The van der Waals surface area contributed by atoms with Crippen LogP contribution >= 0.6 is 0 Å². The van der Waals surface area contributed by atoms with Gasteiger partial charge in [0.15, 0.2) is 5.43 Å². The molecule has 3 aliphatic rings. The standard InChI is InChI=1S/C20H25N3O2/c1-14-9-19(24)17-5-3-4-6-18(17)23(14)13-20(25)22-11-15-7-8-16(12-22)21(2)10-15/h3-6,9,15-16H,7-8,10-13H2,1-2H3/t15-,16-/m1/s1. The number of nitrogens with zero attached hydrogens (tertiary/aromatic N) is 3. The third kappa shape index (κ3) is 2.97. The molecule has 132 valence electrons. The fraction of sp³-hybridized carbons (Fsp3) is 0.500. The molecule has 0 N–H and O–H groups in total. The average molecular weight is 339 g/mol. The van der Waals surface area contributed by atoms with E-state index < -0.39 is 0 Å². The van der Waals surface area contributed by atoms with Crippen molar-refractivity contribution in [2.75, 3.05) is 26.7 Å². The van der Waals surface area contributed by atoms with Gasteiger partial charge in [-0.15, -0.1) is 0 Å².